The van der Waals surface area contributed by atoms with Gasteiger partial charge in [0.05, 0.1) is 6.26 Å². The third-order valence-electron chi connectivity index (χ3n) is 6.14. The molecule has 10 heteroatoms. The number of likely N-dealkylation sites (N-methyl/N-ethyl adjacent to an activating group) is 1. The van der Waals surface area contributed by atoms with Crippen LogP contribution in [0, 0.1) is 5.82 Å². The van der Waals surface area contributed by atoms with Crippen molar-refractivity contribution in [2.24, 2.45) is 0 Å². The Labute approximate surface area is 191 Å². The molecule has 2 N–H and O–H groups in total. The van der Waals surface area contributed by atoms with Gasteiger partial charge in [-0.05, 0) is 43.3 Å². The van der Waals surface area contributed by atoms with Gasteiger partial charge in [0.2, 0.25) is 11.8 Å². The average molecular weight is 451 g/mol. The van der Waals surface area contributed by atoms with Crippen molar-refractivity contribution in [2.45, 2.75) is 13.0 Å². The molecular formula is C23H27FN8O. The molecule has 1 unspecified atom stereocenters. The molecule has 0 amide bonds. The largest absolute Gasteiger partial charge is 0.461 e. The number of halogens is 1. The highest BCUT2D eigenvalue weighted by Crippen LogP contribution is 2.22. The molecule has 0 aliphatic carbocycles. The number of aromatic nitrogens is 4. The Morgan fingerprint density at radius 2 is 1.88 bits per heavy atom. The van der Waals surface area contributed by atoms with E-state index in [9.17, 15) is 4.39 Å². The minimum absolute atomic E-state index is 0.204. The summed E-state index contributed by atoms with van der Waals surface area (Å²) in [5, 5.41) is 4.40. The molecule has 1 aliphatic heterocycles. The number of nitrogens with zero attached hydrogens (tertiary/aromatic N) is 7. The summed E-state index contributed by atoms with van der Waals surface area (Å²) in [5.41, 5.74) is 7.86. The molecule has 4 aromatic rings. The molecule has 1 atom stereocenters. The summed E-state index contributed by atoms with van der Waals surface area (Å²) in [6.07, 6.45) is 1.59. The lowest BCUT2D eigenvalue weighted by molar-refractivity contribution is 0.200. The number of furan rings is 1. The molecule has 1 aromatic carbocycles. The van der Waals surface area contributed by atoms with Gasteiger partial charge in [-0.2, -0.15) is 9.50 Å². The molecule has 1 fully saturated rings. The summed E-state index contributed by atoms with van der Waals surface area (Å²) < 4.78 is 20.1. The molecule has 1 aliphatic rings. The first kappa shape index (κ1) is 21.2. The van der Waals surface area contributed by atoms with Gasteiger partial charge < -0.3 is 20.0 Å². The Kier molecular flexibility index (Phi) is 5.59. The molecule has 0 radical (unpaired) electrons. The lowest BCUT2D eigenvalue weighted by Crippen LogP contribution is -2.52. The van der Waals surface area contributed by atoms with Crippen LogP contribution in [0.1, 0.15) is 6.92 Å². The first-order valence-electron chi connectivity index (χ1n) is 11.0. The van der Waals surface area contributed by atoms with E-state index in [4.69, 9.17) is 10.2 Å². The number of nitrogen functional groups attached to an aromatic ring is 1. The number of fused-ring (bicyclic) bond motifs is 1. The van der Waals surface area contributed by atoms with E-state index in [1.165, 1.54) is 16.6 Å². The summed E-state index contributed by atoms with van der Waals surface area (Å²) in [5.74, 6) is 1.88. The summed E-state index contributed by atoms with van der Waals surface area (Å²) in [6, 6.07) is 12.5. The van der Waals surface area contributed by atoms with Crippen molar-refractivity contribution in [3.63, 3.8) is 0 Å². The SMILES string of the molecule is CC(CN(C)c1cc2nc(-c3ccco3)nn2c(N)n1)N1CCN(c2ccc(F)cc2)CC1. The van der Waals surface area contributed by atoms with Crippen LogP contribution in [-0.4, -0.2) is 70.3 Å². The van der Waals surface area contributed by atoms with Crippen molar-refractivity contribution in [3.8, 4) is 11.6 Å². The number of anilines is 3. The summed E-state index contributed by atoms with van der Waals surface area (Å²) in [7, 11) is 2.01. The first-order chi connectivity index (χ1) is 16.0. The molecule has 5 rings (SSSR count). The summed E-state index contributed by atoms with van der Waals surface area (Å²) >= 11 is 0. The third-order valence-corrected chi connectivity index (χ3v) is 6.14. The average Bonchev–Trinajstić information content (AvgIpc) is 3.50. The Morgan fingerprint density at radius 3 is 2.58 bits per heavy atom. The van der Waals surface area contributed by atoms with E-state index in [1.54, 1.807) is 12.3 Å². The van der Waals surface area contributed by atoms with Crippen molar-refractivity contribution in [2.75, 3.05) is 55.3 Å². The van der Waals surface area contributed by atoms with Crippen LogP contribution in [0.2, 0.25) is 0 Å². The Bertz CT molecular complexity index is 1220. The lowest BCUT2D eigenvalue weighted by atomic mass is 10.2. The summed E-state index contributed by atoms with van der Waals surface area (Å²) in [4.78, 5) is 15.9. The van der Waals surface area contributed by atoms with Crippen LogP contribution in [0.3, 0.4) is 0 Å². The van der Waals surface area contributed by atoms with Gasteiger partial charge >= 0.3 is 0 Å². The van der Waals surface area contributed by atoms with Crippen LogP contribution in [-0.2, 0) is 0 Å². The van der Waals surface area contributed by atoms with E-state index in [-0.39, 0.29) is 11.8 Å². The predicted molar refractivity (Wildman–Crippen MR) is 126 cm³/mol. The first-order valence-corrected chi connectivity index (χ1v) is 11.0. The van der Waals surface area contributed by atoms with Gasteiger partial charge in [0, 0.05) is 57.6 Å². The van der Waals surface area contributed by atoms with Gasteiger partial charge in [-0.1, -0.05) is 0 Å². The Hall–Kier alpha value is -3.66. The van der Waals surface area contributed by atoms with E-state index in [1.807, 2.05) is 31.3 Å². The van der Waals surface area contributed by atoms with Crippen molar-refractivity contribution in [1.82, 2.24) is 24.5 Å². The van der Waals surface area contributed by atoms with E-state index >= 15 is 0 Å². The van der Waals surface area contributed by atoms with E-state index in [2.05, 4.69) is 36.7 Å². The number of hydrogen-bond donors (Lipinski definition) is 1. The Morgan fingerprint density at radius 1 is 1.12 bits per heavy atom. The summed E-state index contributed by atoms with van der Waals surface area (Å²) in [6.45, 7) is 6.71. The van der Waals surface area contributed by atoms with E-state index in [0.29, 0.717) is 23.3 Å². The monoisotopic (exact) mass is 450 g/mol. The van der Waals surface area contributed by atoms with Crippen LogP contribution in [0.15, 0.2) is 53.1 Å². The molecule has 0 saturated carbocycles. The fraction of sp³-hybridized carbons (Fsp3) is 0.348. The lowest BCUT2D eigenvalue weighted by Gasteiger charge is -2.40. The number of hydrogen-bond acceptors (Lipinski definition) is 8. The van der Waals surface area contributed by atoms with Crippen molar-refractivity contribution in [3.05, 3.63) is 54.5 Å². The zero-order chi connectivity index (χ0) is 22.9. The van der Waals surface area contributed by atoms with Gasteiger partial charge in [0.1, 0.15) is 11.6 Å². The van der Waals surface area contributed by atoms with Crippen LogP contribution < -0.4 is 15.5 Å². The van der Waals surface area contributed by atoms with Gasteiger partial charge in [-0.15, -0.1) is 5.10 Å². The third kappa shape index (κ3) is 4.34. The zero-order valence-electron chi connectivity index (χ0n) is 18.7. The minimum Gasteiger partial charge on any atom is -0.461 e. The van der Waals surface area contributed by atoms with Gasteiger partial charge in [0.15, 0.2) is 11.4 Å². The molecule has 0 bridgehead atoms. The molecule has 1 saturated heterocycles. The van der Waals surface area contributed by atoms with Crippen molar-refractivity contribution >= 4 is 23.1 Å². The molecule has 33 heavy (non-hydrogen) atoms. The number of benzene rings is 1. The fourth-order valence-electron chi connectivity index (χ4n) is 4.28. The van der Waals surface area contributed by atoms with Gasteiger partial charge in [-0.25, -0.2) is 9.37 Å². The fourth-order valence-corrected chi connectivity index (χ4v) is 4.28. The standard InChI is InChI=1S/C23H27FN8O/c1-16(30-9-11-31(12-10-30)18-7-5-17(24)6-8-18)15-29(2)20-14-21-26-22(19-4-3-13-33-19)28-32(21)23(25)27-20/h3-8,13-14,16H,9-12,15H2,1-2H3,(H2,25,27). The molecule has 4 heterocycles. The molecule has 172 valence electrons. The van der Waals surface area contributed by atoms with Crippen molar-refractivity contribution in [1.29, 1.82) is 0 Å². The highest BCUT2D eigenvalue weighted by molar-refractivity contribution is 5.59. The van der Waals surface area contributed by atoms with Crippen LogP contribution >= 0.6 is 0 Å². The predicted octanol–water partition coefficient (Wildman–Crippen LogP) is 2.75. The Balaban J connectivity index is 1.23. The topological polar surface area (TPSA) is 92.0 Å². The van der Waals surface area contributed by atoms with Crippen LogP contribution in [0.4, 0.5) is 21.8 Å². The zero-order valence-corrected chi connectivity index (χ0v) is 18.7. The molecule has 3 aromatic heterocycles. The number of piperazine rings is 1. The normalized spacial score (nSPS) is 15.8. The maximum Gasteiger partial charge on any atom is 0.225 e. The molecule has 9 nitrogen and oxygen atoms in total. The van der Waals surface area contributed by atoms with Crippen LogP contribution in [0.25, 0.3) is 17.2 Å². The highest BCUT2D eigenvalue weighted by atomic mass is 19.1. The number of nitrogens with two attached hydrogens (primary N) is 1. The second-order valence-corrected chi connectivity index (χ2v) is 8.38. The van der Waals surface area contributed by atoms with Gasteiger partial charge in [0.25, 0.3) is 0 Å². The minimum atomic E-state index is -0.204. The maximum atomic E-state index is 13.2. The second-order valence-electron chi connectivity index (χ2n) is 8.38. The van der Waals surface area contributed by atoms with E-state index in [0.717, 1.165) is 44.2 Å². The molecular weight excluding hydrogens is 423 g/mol. The smallest absolute Gasteiger partial charge is 0.225 e. The maximum absolute atomic E-state index is 13.2. The van der Waals surface area contributed by atoms with Crippen LogP contribution in [0.5, 0.6) is 0 Å². The van der Waals surface area contributed by atoms with Gasteiger partial charge in [-0.3, -0.25) is 4.90 Å². The molecule has 0 spiro atoms. The quantitative estimate of drug-likeness (QED) is 0.480. The van der Waals surface area contributed by atoms with E-state index < -0.39 is 0 Å². The number of rotatable bonds is 6. The second kappa shape index (κ2) is 8.70. The highest BCUT2D eigenvalue weighted by Gasteiger charge is 2.23. The van der Waals surface area contributed by atoms with Crippen molar-refractivity contribution < 1.29 is 8.81 Å².